The summed E-state index contributed by atoms with van der Waals surface area (Å²) in [5, 5.41) is 0. The maximum atomic E-state index is 2.36. The van der Waals surface area contributed by atoms with Crippen molar-refractivity contribution in [3.8, 4) is 11.1 Å². The Morgan fingerprint density at radius 1 is 1.05 bits per heavy atom. The Kier molecular flexibility index (Phi) is 5.17. The van der Waals surface area contributed by atoms with E-state index >= 15 is 0 Å². The van der Waals surface area contributed by atoms with E-state index in [2.05, 4.69) is 75.4 Å². The molecule has 0 unspecified atom stereocenters. The second-order valence-electron chi connectivity index (χ2n) is 5.43. The summed E-state index contributed by atoms with van der Waals surface area (Å²) in [6, 6.07) is 17.4. The Hall–Kier alpha value is -1.82. The molecule has 2 rings (SSSR count). The molecule has 0 bridgehead atoms. The molecule has 0 aliphatic rings. The molecule has 20 heavy (non-hydrogen) atoms. The molecule has 0 fully saturated rings. The van der Waals surface area contributed by atoms with Gasteiger partial charge in [0.05, 0.1) is 0 Å². The van der Waals surface area contributed by atoms with Crippen LogP contribution in [0.15, 0.2) is 54.6 Å². The zero-order valence-electron chi connectivity index (χ0n) is 12.8. The summed E-state index contributed by atoms with van der Waals surface area (Å²) >= 11 is 0. The molecule has 0 saturated carbocycles. The average molecular weight is 264 g/mol. The standard InChI is InChI=1S/C20H24/c1-4-5-7-10-16(2)19-13-14-20(17(3)15-19)18-11-8-6-9-12-18/h6,8-15H,4-5,7H2,1-3H3/b16-10+. The summed E-state index contributed by atoms with van der Waals surface area (Å²) in [4.78, 5) is 0. The first-order valence-corrected chi connectivity index (χ1v) is 7.55. The minimum atomic E-state index is 1.18. The van der Waals surface area contributed by atoms with Gasteiger partial charge < -0.3 is 0 Å². The van der Waals surface area contributed by atoms with Gasteiger partial charge in [-0.25, -0.2) is 0 Å². The lowest BCUT2D eigenvalue weighted by molar-refractivity contribution is 0.815. The van der Waals surface area contributed by atoms with E-state index in [1.165, 1.54) is 47.1 Å². The quantitative estimate of drug-likeness (QED) is 0.559. The second-order valence-corrected chi connectivity index (χ2v) is 5.43. The van der Waals surface area contributed by atoms with Crippen molar-refractivity contribution in [1.82, 2.24) is 0 Å². The van der Waals surface area contributed by atoms with Gasteiger partial charge >= 0.3 is 0 Å². The fraction of sp³-hybridized carbons (Fsp3) is 0.300. The van der Waals surface area contributed by atoms with Crippen molar-refractivity contribution < 1.29 is 0 Å². The number of benzene rings is 2. The summed E-state index contributed by atoms with van der Waals surface area (Å²) in [5.74, 6) is 0. The smallest absolute Gasteiger partial charge is 0.0154 e. The number of unbranched alkanes of at least 4 members (excludes halogenated alkanes) is 2. The van der Waals surface area contributed by atoms with Crippen LogP contribution in [0.3, 0.4) is 0 Å². The van der Waals surface area contributed by atoms with Crippen LogP contribution in [0.2, 0.25) is 0 Å². The van der Waals surface area contributed by atoms with Gasteiger partial charge in [-0.15, -0.1) is 0 Å². The molecule has 0 N–H and O–H groups in total. The molecule has 0 amide bonds. The average Bonchev–Trinajstić information content (AvgIpc) is 2.48. The van der Waals surface area contributed by atoms with Gasteiger partial charge in [-0.1, -0.05) is 74.4 Å². The van der Waals surface area contributed by atoms with Crippen LogP contribution in [0.4, 0.5) is 0 Å². The number of hydrogen-bond acceptors (Lipinski definition) is 0. The molecular weight excluding hydrogens is 240 g/mol. The molecule has 0 spiro atoms. The highest BCUT2D eigenvalue weighted by Gasteiger charge is 2.03. The minimum Gasteiger partial charge on any atom is -0.0810 e. The lowest BCUT2D eigenvalue weighted by Gasteiger charge is -2.09. The van der Waals surface area contributed by atoms with E-state index in [1.807, 2.05) is 0 Å². The molecule has 0 atom stereocenters. The van der Waals surface area contributed by atoms with E-state index in [-0.39, 0.29) is 0 Å². The summed E-state index contributed by atoms with van der Waals surface area (Å²) in [5.41, 5.74) is 6.70. The highest BCUT2D eigenvalue weighted by atomic mass is 14.1. The van der Waals surface area contributed by atoms with Crippen LogP contribution in [0.25, 0.3) is 16.7 Å². The molecule has 0 aliphatic carbocycles. The SMILES string of the molecule is CCCC/C=C(\C)c1ccc(-c2ccccc2)c(C)c1. The molecule has 0 aromatic heterocycles. The van der Waals surface area contributed by atoms with E-state index in [0.717, 1.165) is 0 Å². The minimum absolute atomic E-state index is 1.18. The van der Waals surface area contributed by atoms with E-state index in [0.29, 0.717) is 0 Å². The van der Waals surface area contributed by atoms with Gasteiger partial charge in [-0.2, -0.15) is 0 Å². The first-order valence-electron chi connectivity index (χ1n) is 7.55. The van der Waals surface area contributed by atoms with Crippen molar-refractivity contribution in [3.63, 3.8) is 0 Å². The van der Waals surface area contributed by atoms with E-state index < -0.39 is 0 Å². The molecule has 2 aromatic carbocycles. The molecule has 0 heteroatoms. The molecule has 0 saturated heterocycles. The Morgan fingerprint density at radius 2 is 1.80 bits per heavy atom. The predicted octanol–water partition coefficient (Wildman–Crippen LogP) is 6.26. The van der Waals surface area contributed by atoms with Crippen LogP contribution in [0, 0.1) is 6.92 Å². The van der Waals surface area contributed by atoms with Crippen LogP contribution in [-0.4, -0.2) is 0 Å². The van der Waals surface area contributed by atoms with Crippen LogP contribution in [-0.2, 0) is 0 Å². The third kappa shape index (κ3) is 3.60. The van der Waals surface area contributed by atoms with Crippen molar-refractivity contribution in [2.45, 2.75) is 40.0 Å². The zero-order chi connectivity index (χ0) is 14.4. The van der Waals surface area contributed by atoms with Gasteiger partial charge in [0, 0.05) is 0 Å². The Bertz CT molecular complexity index is 576. The second kappa shape index (κ2) is 7.09. The van der Waals surface area contributed by atoms with Crippen LogP contribution >= 0.6 is 0 Å². The van der Waals surface area contributed by atoms with Crippen LogP contribution < -0.4 is 0 Å². The normalized spacial score (nSPS) is 11.7. The summed E-state index contributed by atoms with van der Waals surface area (Å²) in [6.07, 6.45) is 6.08. The molecule has 0 aliphatic heterocycles. The molecule has 0 heterocycles. The molecular formula is C20H24. The van der Waals surface area contributed by atoms with Gasteiger partial charge in [0.15, 0.2) is 0 Å². The first kappa shape index (κ1) is 14.6. The van der Waals surface area contributed by atoms with Gasteiger partial charge in [0.2, 0.25) is 0 Å². The van der Waals surface area contributed by atoms with Crippen molar-refractivity contribution in [3.05, 3.63) is 65.7 Å². The third-order valence-electron chi connectivity index (χ3n) is 3.77. The van der Waals surface area contributed by atoms with Crippen molar-refractivity contribution in [1.29, 1.82) is 0 Å². The summed E-state index contributed by atoms with van der Waals surface area (Å²) in [6.45, 7) is 6.65. The highest BCUT2D eigenvalue weighted by Crippen LogP contribution is 2.26. The highest BCUT2D eigenvalue weighted by molar-refractivity contribution is 5.72. The molecule has 0 nitrogen and oxygen atoms in total. The Balaban J connectivity index is 2.24. The fourth-order valence-corrected chi connectivity index (χ4v) is 2.49. The molecule has 0 radical (unpaired) electrons. The number of allylic oxidation sites excluding steroid dienone is 2. The largest absolute Gasteiger partial charge is 0.0810 e. The summed E-state index contributed by atoms with van der Waals surface area (Å²) < 4.78 is 0. The fourth-order valence-electron chi connectivity index (χ4n) is 2.49. The zero-order valence-corrected chi connectivity index (χ0v) is 12.8. The maximum absolute atomic E-state index is 2.36. The van der Waals surface area contributed by atoms with Crippen LogP contribution in [0.5, 0.6) is 0 Å². The first-order chi connectivity index (χ1) is 9.72. The Morgan fingerprint density at radius 3 is 2.45 bits per heavy atom. The number of hydrogen-bond donors (Lipinski definition) is 0. The topological polar surface area (TPSA) is 0 Å². The van der Waals surface area contributed by atoms with Gasteiger partial charge in [0.1, 0.15) is 0 Å². The van der Waals surface area contributed by atoms with Gasteiger partial charge in [-0.05, 0) is 48.1 Å². The van der Waals surface area contributed by atoms with Crippen molar-refractivity contribution >= 4 is 5.57 Å². The maximum Gasteiger partial charge on any atom is -0.0154 e. The number of aryl methyl sites for hydroxylation is 1. The van der Waals surface area contributed by atoms with E-state index in [4.69, 9.17) is 0 Å². The van der Waals surface area contributed by atoms with E-state index in [1.54, 1.807) is 0 Å². The predicted molar refractivity (Wildman–Crippen MR) is 89.8 cm³/mol. The van der Waals surface area contributed by atoms with Gasteiger partial charge in [-0.3, -0.25) is 0 Å². The third-order valence-corrected chi connectivity index (χ3v) is 3.77. The van der Waals surface area contributed by atoms with Crippen LogP contribution in [0.1, 0.15) is 44.2 Å². The molecule has 104 valence electrons. The lowest BCUT2D eigenvalue weighted by Crippen LogP contribution is -1.87. The van der Waals surface area contributed by atoms with E-state index in [9.17, 15) is 0 Å². The monoisotopic (exact) mass is 264 g/mol. The number of rotatable bonds is 5. The summed E-state index contributed by atoms with van der Waals surface area (Å²) in [7, 11) is 0. The van der Waals surface area contributed by atoms with Crippen molar-refractivity contribution in [2.75, 3.05) is 0 Å². The molecule has 2 aromatic rings. The Labute approximate surface area is 123 Å². The lowest BCUT2D eigenvalue weighted by atomic mass is 9.96. The van der Waals surface area contributed by atoms with Gasteiger partial charge in [0.25, 0.3) is 0 Å². The van der Waals surface area contributed by atoms with Crippen molar-refractivity contribution in [2.24, 2.45) is 0 Å².